The van der Waals surface area contributed by atoms with Crippen LogP contribution in [0, 0.1) is 0 Å². The smallest absolute Gasteiger partial charge is 0.281 e. The van der Waals surface area contributed by atoms with Crippen LogP contribution < -0.4 is 9.46 Å². The Balaban J connectivity index is 3.66. The fraction of sp³-hybridized carbons (Fsp3) is 0.700. The first kappa shape index (κ1) is 26.3. The zero-order valence-electron chi connectivity index (χ0n) is 18.8. The van der Waals surface area contributed by atoms with E-state index in [0.29, 0.717) is 24.5 Å². The van der Waals surface area contributed by atoms with E-state index in [-0.39, 0.29) is 6.61 Å². The lowest BCUT2D eigenvalue weighted by Gasteiger charge is -2.42. The second-order valence-electron chi connectivity index (χ2n) is 7.52. The van der Waals surface area contributed by atoms with Crippen LogP contribution in [0.1, 0.15) is 54.0 Å². The third-order valence-electron chi connectivity index (χ3n) is 4.34. The minimum Gasteiger partial charge on any atom is -0.497 e. The Bertz CT molecular complexity index is 700. The van der Waals surface area contributed by atoms with E-state index in [4.69, 9.17) is 18.7 Å². The third kappa shape index (κ3) is 6.12. The first-order valence-electron chi connectivity index (χ1n) is 9.81. The summed E-state index contributed by atoms with van der Waals surface area (Å²) in [6, 6.07) is 6.00. The summed E-state index contributed by atoms with van der Waals surface area (Å²) >= 11 is 0. The van der Waals surface area contributed by atoms with Gasteiger partial charge in [-0.05, 0) is 66.2 Å². The summed E-state index contributed by atoms with van der Waals surface area (Å²) in [5.41, 5.74) is 0.636. The van der Waals surface area contributed by atoms with Crippen LogP contribution in [-0.4, -0.2) is 41.9 Å². The molecule has 0 amide bonds. The van der Waals surface area contributed by atoms with Crippen molar-refractivity contribution in [2.24, 2.45) is 0 Å². The predicted octanol–water partition coefficient (Wildman–Crippen LogP) is 4.59. The van der Waals surface area contributed by atoms with Gasteiger partial charge in [-0.2, -0.15) is 0 Å². The number of benzene rings is 1. The monoisotopic (exact) mass is 449 g/mol. The van der Waals surface area contributed by atoms with Gasteiger partial charge in [0.1, 0.15) is 11.0 Å². The highest BCUT2D eigenvalue weighted by atomic mass is 32.2. The van der Waals surface area contributed by atoms with Crippen LogP contribution in [0.15, 0.2) is 24.3 Å². The van der Waals surface area contributed by atoms with Crippen LogP contribution in [0.25, 0.3) is 0 Å². The first-order valence-corrected chi connectivity index (χ1v) is 12.7. The largest absolute Gasteiger partial charge is 0.497 e. The van der Waals surface area contributed by atoms with E-state index in [1.54, 1.807) is 59.1 Å². The zero-order chi connectivity index (χ0) is 22.3. The maximum Gasteiger partial charge on any atom is 0.281 e. The van der Waals surface area contributed by atoms with Gasteiger partial charge in [0.25, 0.3) is 7.37 Å². The molecule has 0 aliphatic heterocycles. The summed E-state index contributed by atoms with van der Waals surface area (Å²) in [6.07, 6.45) is 0. The van der Waals surface area contributed by atoms with Gasteiger partial charge in [-0.15, -0.1) is 0 Å². The molecule has 168 valence electrons. The van der Waals surface area contributed by atoms with Crippen LogP contribution in [0.5, 0.6) is 5.75 Å². The molecule has 7 nitrogen and oxygen atoms in total. The molecule has 0 aliphatic rings. The van der Waals surface area contributed by atoms with Gasteiger partial charge in [0.2, 0.25) is 6.03 Å². The zero-order valence-corrected chi connectivity index (χ0v) is 20.5. The standard InChI is InChI=1S/C20H36NO6PS/c1-9-25-18(26-10-2)28(22,27-11-3)20(7,21-29(23)19(4,5)6)16-12-14-17(24-8)15-13-16/h12-15,18,21H,9-11H2,1-8H3/t20-,28?,29?/m1/s1. The summed E-state index contributed by atoms with van der Waals surface area (Å²) in [7, 11) is -3.70. The van der Waals surface area contributed by atoms with Gasteiger partial charge in [-0.3, -0.25) is 4.57 Å². The summed E-state index contributed by atoms with van der Waals surface area (Å²) in [6.45, 7) is 13.4. The molecule has 0 aromatic heterocycles. The first-order chi connectivity index (χ1) is 13.5. The van der Waals surface area contributed by atoms with E-state index < -0.39 is 34.4 Å². The molecule has 9 heteroatoms. The Labute approximate surface area is 177 Å². The Morgan fingerprint density at radius 1 is 1.00 bits per heavy atom. The van der Waals surface area contributed by atoms with Crippen LogP contribution in [0.4, 0.5) is 0 Å². The Hall–Kier alpha value is -0.760. The highest BCUT2D eigenvalue weighted by molar-refractivity contribution is 7.85. The van der Waals surface area contributed by atoms with Crippen molar-refractivity contribution in [3.63, 3.8) is 0 Å². The van der Waals surface area contributed by atoms with E-state index in [1.165, 1.54) is 0 Å². The molecule has 1 N–H and O–H groups in total. The summed E-state index contributed by atoms with van der Waals surface area (Å²) in [5, 5.41) is -1.33. The lowest BCUT2D eigenvalue weighted by Crippen LogP contribution is -2.48. The minimum absolute atomic E-state index is 0.184. The SMILES string of the molecule is CCOC(OCC)P(=O)(OCC)[C@@](C)(NS(=O)C(C)(C)C)c1ccc(OC)cc1. The van der Waals surface area contributed by atoms with Crippen molar-refractivity contribution in [3.8, 4) is 5.75 Å². The molecule has 0 bridgehead atoms. The van der Waals surface area contributed by atoms with E-state index in [9.17, 15) is 8.77 Å². The number of hydrogen-bond acceptors (Lipinski definition) is 6. The van der Waals surface area contributed by atoms with Gasteiger partial charge >= 0.3 is 0 Å². The average Bonchev–Trinajstić information content (AvgIpc) is 2.67. The molecule has 29 heavy (non-hydrogen) atoms. The summed E-state index contributed by atoms with van der Waals surface area (Å²) in [4.78, 5) is 0. The quantitative estimate of drug-likeness (QED) is 0.371. The molecule has 0 heterocycles. The molecular weight excluding hydrogens is 413 g/mol. The van der Waals surface area contributed by atoms with Gasteiger partial charge in [0.15, 0.2) is 0 Å². The molecule has 0 fully saturated rings. The van der Waals surface area contributed by atoms with Crippen molar-refractivity contribution in [1.29, 1.82) is 0 Å². The van der Waals surface area contributed by atoms with Gasteiger partial charge in [-0.1, -0.05) is 12.1 Å². The van der Waals surface area contributed by atoms with Crippen LogP contribution in [0.2, 0.25) is 0 Å². The van der Waals surface area contributed by atoms with Crippen LogP contribution in [-0.2, 0) is 34.8 Å². The highest BCUT2D eigenvalue weighted by Gasteiger charge is 2.55. The Kier molecular flexibility index (Phi) is 9.99. The molecule has 0 aliphatic carbocycles. The molecular formula is C20H36NO6PS. The van der Waals surface area contributed by atoms with E-state index >= 15 is 0 Å². The van der Waals surface area contributed by atoms with Crippen molar-refractivity contribution in [2.45, 2.75) is 64.5 Å². The second-order valence-corrected chi connectivity index (χ2v) is 12.3. The van der Waals surface area contributed by atoms with Crippen LogP contribution >= 0.6 is 7.37 Å². The number of hydrogen-bond donors (Lipinski definition) is 1. The summed E-state index contributed by atoms with van der Waals surface area (Å²) in [5.74, 6) is 0.658. The summed E-state index contributed by atoms with van der Waals surface area (Å²) < 4.78 is 52.5. The molecule has 1 rings (SSSR count). The molecule has 0 saturated heterocycles. The van der Waals surface area contributed by atoms with Crippen molar-refractivity contribution in [1.82, 2.24) is 4.72 Å². The fourth-order valence-electron chi connectivity index (χ4n) is 2.67. The number of rotatable bonds is 12. The van der Waals surface area contributed by atoms with E-state index in [2.05, 4.69) is 4.72 Å². The van der Waals surface area contributed by atoms with Crippen molar-refractivity contribution < 1.29 is 27.5 Å². The van der Waals surface area contributed by atoms with E-state index in [1.807, 2.05) is 20.8 Å². The number of nitrogens with one attached hydrogen (secondary N) is 1. The fourth-order valence-corrected chi connectivity index (χ4v) is 6.60. The van der Waals surface area contributed by atoms with Gasteiger partial charge in [0.05, 0.1) is 29.4 Å². The van der Waals surface area contributed by atoms with Gasteiger partial charge in [-0.25, -0.2) is 8.93 Å². The Morgan fingerprint density at radius 3 is 1.90 bits per heavy atom. The molecule has 0 saturated carbocycles. The molecule has 1 aromatic carbocycles. The van der Waals surface area contributed by atoms with E-state index in [0.717, 1.165) is 0 Å². The Morgan fingerprint density at radius 2 is 1.52 bits per heavy atom. The van der Waals surface area contributed by atoms with Crippen molar-refractivity contribution in [3.05, 3.63) is 29.8 Å². The predicted molar refractivity (Wildman–Crippen MR) is 118 cm³/mol. The maximum atomic E-state index is 14.4. The minimum atomic E-state index is -3.74. The topological polar surface area (TPSA) is 83.1 Å². The van der Waals surface area contributed by atoms with Crippen LogP contribution in [0.3, 0.4) is 0 Å². The third-order valence-corrected chi connectivity index (χ3v) is 9.31. The maximum absolute atomic E-state index is 14.4. The molecule has 0 spiro atoms. The van der Waals surface area contributed by atoms with Gasteiger partial charge in [0, 0.05) is 13.2 Å². The second kappa shape index (κ2) is 11.0. The normalized spacial score (nSPS) is 17.6. The lowest BCUT2D eigenvalue weighted by molar-refractivity contribution is -0.0911. The number of ether oxygens (including phenoxy) is 3. The lowest BCUT2D eigenvalue weighted by atomic mass is 10.1. The van der Waals surface area contributed by atoms with Crippen molar-refractivity contribution in [2.75, 3.05) is 26.9 Å². The molecule has 2 unspecified atom stereocenters. The highest BCUT2D eigenvalue weighted by Crippen LogP contribution is 2.66. The average molecular weight is 450 g/mol. The molecule has 0 radical (unpaired) electrons. The molecule has 3 atom stereocenters. The number of methoxy groups -OCH3 is 1. The van der Waals surface area contributed by atoms with Gasteiger partial charge < -0.3 is 18.7 Å². The van der Waals surface area contributed by atoms with Crippen molar-refractivity contribution >= 4 is 18.4 Å². The molecule has 1 aromatic rings.